The third-order valence-electron chi connectivity index (χ3n) is 5.82. The number of hydrogen-bond acceptors (Lipinski definition) is 3. The van der Waals surface area contributed by atoms with Gasteiger partial charge < -0.3 is 10.1 Å². The zero-order valence-electron chi connectivity index (χ0n) is 17.3. The Balaban J connectivity index is 1.52. The minimum atomic E-state index is -0.607. The van der Waals surface area contributed by atoms with Gasteiger partial charge in [0.2, 0.25) is 5.91 Å². The molecule has 5 nitrogen and oxygen atoms in total. The maximum Gasteiger partial charge on any atom is 0.411 e. The van der Waals surface area contributed by atoms with Crippen molar-refractivity contribution in [3.8, 4) is 0 Å². The van der Waals surface area contributed by atoms with Gasteiger partial charge in [0.1, 0.15) is 6.61 Å². The molecule has 0 spiro atoms. The van der Waals surface area contributed by atoms with E-state index in [2.05, 4.69) is 30.5 Å². The van der Waals surface area contributed by atoms with Gasteiger partial charge in [0.15, 0.2) is 0 Å². The fourth-order valence-electron chi connectivity index (χ4n) is 3.66. The summed E-state index contributed by atoms with van der Waals surface area (Å²) >= 11 is 0. The van der Waals surface area contributed by atoms with Gasteiger partial charge in [-0.1, -0.05) is 56.7 Å². The summed E-state index contributed by atoms with van der Waals surface area (Å²) < 4.78 is 5.42. The summed E-state index contributed by atoms with van der Waals surface area (Å²) in [6.45, 7) is 4.80. The van der Waals surface area contributed by atoms with E-state index in [4.69, 9.17) is 4.74 Å². The lowest BCUT2D eigenvalue weighted by atomic mass is 9.68. The van der Waals surface area contributed by atoms with Crippen molar-refractivity contribution >= 4 is 17.7 Å². The number of hydrogen-bond donors (Lipinski definition) is 2. The second-order valence-electron chi connectivity index (χ2n) is 7.69. The van der Waals surface area contributed by atoms with Crippen molar-refractivity contribution in [2.75, 3.05) is 11.9 Å². The Labute approximate surface area is 172 Å². The second kappa shape index (κ2) is 9.59. The summed E-state index contributed by atoms with van der Waals surface area (Å²) in [4.78, 5) is 25.0. The van der Waals surface area contributed by atoms with Crippen molar-refractivity contribution in [2.24, 2.45) is 5.41 Å². The second-order valence-corrected chi connectivity index (χ2v) is 7.69. The molecule has 29 heavy (non-hydrogen) atoms. The molecule has 5 heteroatoms. The molecule has 1 aliphatic carbocycles. The number of ether oxygens (including phenoxy) is 1. The Morgan fingerprint density at radius 3 is 2.24 bits per heavy atom. The summed E-state index contributed by atoms with van der Waals surface area (Å²) in [7, 11) is 0. The molecule has 2 amide bonds. The number of carbonyl (C=O) groups is 2. The van der Waals surface area contributed by atoms with Gasteiger partial charge in [-0.05, 0) is 54.5 Å². The molecule has 2 aromatic carbocycles. The van der Waals surface area contributed by atoms with Crippen molar-refractivity contribution in [1.82, 2.24) is 5.32 Å². The average molecular weight is 395 g/mol. The van der Waals surface area contributed by atoms with Gasteiger partial charge in [0.25, 0.3) is 0 Å². The quantitative estimate of drug-likeness (QED) is 0.673. The molecule has 3 rings (SSSR count). The van der Waals surface area contributed by atoms with Crippen LogP contribution in [0.1, 0.15) is 49.8 Å². The number of aryl methyl sites for hydroxylation is 2. The predicted molar refractivity (Wildman–Crippen MR) is 115 cm³/mol. The molecule has 1 fully saturated rings. The van der Waals surface area contributed by atoms with Crippen LogP contribution in [0.4, 0.5) is 10.5 Å². The highest BCUT2D eigenvalue weighted by molar-refractivity contribution is 5.86. The highest BCUT2D eigenvalue weighted by Crippen LogP contribution is 2.41. The van der Waals surface area contributed by atoms with Crippen molar-refractivity contribution in [2.45, 2.75) is 52.5 Å². The van der Waals surface area contributed by atoms with E-state index in [1.165, 1.54) is 11.1 Å². The topological polar surface area (TPSA) is 67.4 Å². The van der Waals surface area contributed by atoms with Crippen LogP contribution < -0.4 is 10.6 Å². The SMILES string of the molecule is CCc1ccc(NC(=O)OCC2(C(=O)NCc3ccccc3CC)CCC2)cc1. The monoisotopic (exact) mass is 394 g/mol. The van der Waals surface area contributed by atoms with Gasteiger partial charge in [-0.15, -0.1) is 0 Å². The largest absolute Gasteiger partial charge is 0.448 e. The van der Waals surface area contributed by atoms with E-state index in [9.17, 15) is 9.59 Å². The normalized spacial score (nSPS) is 14.6. The lowest BCUT2D eigenvalue weighted by molar-refractivity contribution is -0.139. The zero-order chi connectivity index (χ0) is 20.7. The van der Waals surface area contributed by atoms with Gasteiger partial charge in [-0.25, -0.2) is 4.79 Å². The lowest BCUT2D eigenvalue weighted by Crippen LogP contribution is -2.49. The first-order valence-corrected chi connectivity index (χ1v) is 10.4. The van der Waals surface area contributed by atoms with Crippen molar-refractivity contribution in [3.63, 3.8) is 0 Å². The van der Waals surface area contributed by atoms with Crippen LogP contribution in [0.25, 0.3) is 0 Å². The lowest BCUT2D eigenvalue weighted by Gasteiger charge is -2.39. The number of benzene rings is 2. The van der Waals surface area contributed by atoms with Crippen LogP contribution in [0, 0.1) is 5.41 Å². The molecule has 0 saturated heterocycles. The van der Waals surface area contributed by atoms with Crippen LogP contribution >= 0.6 is 0 Å². The number of nitrogens with one attached hydrogen (secondary N) is 2. The molecule has 1 aliphatic rings. The van der Waals surface area contributed by atoms with E-state index in [0.717, 1.165) is 37.7 Å². The molecular weight excluding hydrogens is 364 g/mol. The average Bonchev–Trinajstić information content (AvgIpc) is 2.72. The number of carbonyl (C=O) groups excluding carboxylic acids is 2. The molecular formula is C24H30N2O3. The van der Waals surface area contributed by atoms with Gasteiger partial charge in [-0.2, -0.15) is 0 Å². The Morgan fingerprint density at radius 2 is 1.66 bits per heavy atom. The Bertz CT molecular complexity index is 841. The highest BCUT2D eigenvalue weighted by Gasteiger charge is 2.45. The standard InChI is InChI=1S/C24H30N2O3/c1-3-18-10-12-21(13-11-18)26-23(28)29-17-24(14-7-15-24)22(27)25-16-20-9-6-5-8-19(20)4-2/h5-6,8-13H,3-4,7,14-17H2,1-2H3,(H,25,27)(H,26,28). The van der Waals surface area contributed by atoms with Crippen LogP contribution in [0.15, 0.2) is 48.5 Å². The van der Waals surface area contributed by atoms with E-state index in [0.29, 0.717) is 12.2 Å². The summed E-state index contributed by atoms with van der Waals surface area (Å²) in [5, 5.41) is 5.78. The molecule has 0 bridgehead atoms. The summed E-state index contributed by atoms with van der Waals surface area (Å²) in [6.07, 6.45) is 3.82. The van der Waals surface area contributed by atoms with Gasteiger partial charge >= 0.3 is 6.09 Å². The molecule has 2 N–H and O–H groups in total. The maximum absolute atomic E-state index is 12.8. The Kier molecular flexibility index (Phi) is 6.91. The summed E-state index contributed by atoms with van der Waals surface area (Å²) in [6, 6.07) is 15.8. The van der Waals surface area contributed by atoms with Crippen LogP contribution in [0.5, 0.6) is 0 Å². The van der Waals surface area contributed by atoms with E-state index in [-0.39, 0.29) is 12.5 Å². The maximum atomic E-state index is 12.8. The first-order chi connectivity index (χ1) is 14.1. The van der Waals surface area contributed by atoms with Crippen molar-refractivity contribution in [1.29, 1.82) is 0 Å². The van der Waals surface area contributed by atoms with E-state index in [1.54, 1.807) is 0 Å². The van der Waals surface area contributed by atoms with E-state index in [1.807, 2.05) is 42.5 Å². The minimum absolute atomic E-state index is 0.0326. The van der Waals surface area contributed by atoms with Crippen molar-refractivity contribution in [3.05, 3.63) is 65.2 Å². The van der Waals surface area contributed by atoms with Gasteiger partial charge in [0, 0.05) is 12.2 Å². The fraction of sp³-hybridized carbons (Fsp3) is 0.417. The Morgan fingerprint density at radius 1 is 0.966 bits per heavy atom. The molecule has 0 unspecified atom stereocenters. The number of amides is 2. The van der Waals surface area contributed by atoms with Crippen LogP contribution in [-0.2, 0) is 28.9 Å². The van der Waals surface area contributed by atoms with Crippen LogP contribution in [0.2, 0.25) is 0 Å². The molecule has 0 heterocycles. The molecule has 154 valence electrons. The first-order valence-electron chi connectivity index (χ1n) is 10.4. The summed E-state index contributed by atoms with van der Waals surface area (Å²) in [5.74, 6) is -0.0326. The molecule has 0 aromatic heterocycles. The molecule has 2 aromatic rings. The third-order valence-corrected chi connectivity index (χ3v) is 5.82. The van der Waals surface area contributed by atoms with Crippen molar-refractivity contribution < 1.29 is 14.3 Å². The molecule has 0 radical (unpaired) electrons. The molecule has 1 saturated carbocycles. The summed E-state index contributed by atoms with van der Waals surface area (Å²) in [5.41, 5.74) is 3.66. The molecule has 0 aliphatic heterocycles. The zero-order valence-corrected chi connectivity index (χ0v) is 17.3. The number of rotatable bonds is 8. The fourth-order valence-corrected chi connectivity index (χ4v) is 3.66. The minimum Gasteiger partial charge on any atom is -0.448 e. The first kappa shape index (κ1) is 20.9. The Hall–Kier alpha value is -2.82. The van der Waals surface area contributed by atoms with E-state index < -0.39 is 11.5 Å². The van der Waals surface area contributed by atoms with Gasteiger partial charge in [-0.3, -0.25) is 10.1 Å². The number of anilines is 1. The predicted octanol–water partition coefficient (Wildman–Crippen LogP) is 4.85. The third kappa shape index (κ3) is 5.17. The smallest absolute Gasteiger partial charge is 0.411 e. The van der Waals surface area contributed by atoms with E-state index >= 15 is 0 Å². The van der Waals surface area contributed by atoms with Crippen LogP contribution in [-0.4, -0.2) is 18.6 Å². The molecule has 0 atom stereocenters. The van der Waals surface area contributed by atoms with Gasteiger partial charge in [0.05, 0.1) is 5.41 Å². The van der Waals surface area contributed by atoms with Crippen LogP contribution in [0.3, 0.4) is 0 Å². The highest BCUT2D eigenvalue weighted by atomic mass is 16.5.